The average Bonchev–Trinajstić information content (AvgIpc) is 2.72. The van der Waals surface area contributed by atoms with E-state index in [9.17, 15) is 0 Å². The van der Waals surface area contributed by atoms with Crippen LogP contribution >= 0.6 is 17.0 Å². The normalized spacial score (nSPS) is 14.7. The van der Waals surface area contributed by atoms with Crippen molar-refractivity contribution in [3.63, 3.8) is 0 Å². The quantitative estimate of drug-likeness (QED) is 0.589. The number of halogens is 1. The minimum Gasteiger partial charge on any atom is -0.370 e. The van der Waals surface area contributed by atoms with Crippen molar-refractivity contribution in [1.82, 2.24) is 19.9 Å². The van der Waals surface area contributed by atoms with Crippen molar-refractivity contribution in [2.24, 2.45) is 0 Å². The molecule has 1 aliphatic rings. The molecule has 0 aliphatic carbocycles. The molecule has 1 N–H and O–H groups in total. The molecule has 1 saturated heterocycles. The van der Waals surface area contributed by atoms with Gasteiger partial charge in [-0.15, -0.1) is 17.0 Å². The highest BCUT2D eigenvalue weighted by atomic mass is 79.9. The van der Waals surface area contributed by atoms with Crippen LogP contribution in [0.5, 0.6) is 0 Å². The molecule has 0 bridgehead atoms. The molecular weight excluding hydrogens is 416 g/mol. The number of nitrogens with one attached hydrogen (secondary N) is 1. The summed E-state index contributed by atoms with van der Waals surface area (Å²) in [6, 6.07) is 12.3. The molecule has 1 aliphatic heterocycles. The number of para-hydroxylation sites is 1. The monoisotopic (exact) mass is 442 g/mol. The van der Waals surface area contributed by atoms with Crippen LogP contribution in [0.25, 0.3) is 10.9 Å². The fourth-order valence-electron chi connectivity index (χ4n) is 3.59. The third kappa shape index (κ3) is 4.97. The van der Waals surface area contributed by atoms with Crippen LogP contribution in [0.15, 0.2) is 48.8 Å². The summed E-state index contributed by atoms with van der Waals surface area (Å²) in [7, 11) is 0. The molecule has 0 spiro atoms. The maximum absolute atomic E-state index is 4.72. The van der Waals surface area contributed by atoms with Crippen LogP contribution in [0.2, 0.25) is 0 Å². The Kier molecular flexibility index (Phi) is 7.17. The third-order valence-electron chi connectivity index (χ3n) is 5.09. The van der Waals surface area contributed by atoms with Gasteiger partial charge in [0.15, 0.2) is 0 Å². The Morgan fingerprint density at radius 1 is 1.00 bits per heavy atom. The number of aromatic nitrogens is 3. The first-order valence-corrected chi connectivity index (χ1v) is 9.64. The van der Waals surface area contributed by atoms with Crippen molar-refractivity contribution >= 4 is 39.7 Å². The van der Waals surface area contributed by atoms with Crippen LogP contribution in [0.3, 0.4) is 0 Å². The Morgan fingerprint density at radius 2 is 1.75 bits per heavy atom. The highest BCUT2D eigenvalue weighted by Gasteiger charge is 2.18. The predicted octanol–water partition coefficient (Wildman–Crippen LogP) is 3.54. The molecule has 0 radical (unpaired) electrons. The molecule has 2 aromatic heterocycles. The first-order valence-electron chi connectivity index (χ1n) is 9.64. The van der Waals surface area contributed by atoms with E-state index in [-0.39, 0.29) is 17.0 Å². The molecule has 148 valence electrons. The summed E-state index contributed by atoms with van der Waals surface area (Å²) in [6.07, 6.45) is 4.72. The molecule has 28 heavy (non-hydrogen) atoms. The summed E-state index contributed by atoms with van der Waals surface area (Å²) in [4.78, 5) is 18.2. The fraction of sp³-hybridized carbons (Fsp3) is 0.381. The van der Waals surface area contributed by atoms with Crippen LogP contribution in [-0.4, -0.2) is 59.1 Å². The zero-order valence-electron chi connectivity index (χ0n) is 16.2. The topological polar surface area (TPSA) is 57.2 Å². The maximum Gasteiger partial charge on any atom is 0.225 e. The van der Waals surface area contributed by atoms with Gasteiger partial charge in [0.1, 0.15) is 5.82 Å². The van der Waals surface area contributed by atoms with E-state index in [1.807, 2.05) is 24.5 Å². The summed E-state index contributed by atoms with van der Waals surface area (Å²) in [5.74, 6) is 1.81. The fourth-order valence-corrected chi connectivity index (χ4v) is 3.59. The summed E-state index contributed by atoms with van der Waals surface area (Å²) in [6.45, 7) is 8.28. The van der Waals surface area contributed by atoms with Gasteiger partial charge < -0.3 is 10.2 Å². The van der Waals surface area contributed by atoms with E-state index in [1.54, 1.807) is 0 Å². The minimum atomic E-state index is 0. The Morgan fingerprint density at radius 3 is 2.54 bits per heavy atom. The van der Waals surface area contributed by atoms with Crippen molar-refractivity contribution in [1.29, 1.82) is 0 Å². The van der Waals surface area contributed by atoms with Crippen molar-refractivity contribution in [2.75, 3.05) is 49.5 Å². The van der Waals surface area contributed by atoms with Gasteiger partial charge in [0.25, 0.3) is 0 Å². The van der Waals surface area contributed by atoms with Gasteiger partial charge in [0, 0.05) is 50.5 Å². The molecule has 0 amide bonds. The minimum absolute atomic E-state index is 0. The number of piperazine rings is 1. The van der Waals surface area contributed by atoms with E-state index in [0.717, 1.165) is 63.0 Å². The van der Waals surface area contributed by atoms with Gasteiger partial charge in [-0.1, -0.05) is 18.2 Å². The van der Waals surface area contributed by atoms with Crippen molar-refractivity contribution < 1.29 is 0 Å². The zero-order chi connectivity index (χ0) is 18.5. The second-order valence-corrected chi connectivity index (χ2v) is 7.00. The van der Waals surface area contributed by atoms with E-state index >= 15 is 0 Å². The van der Waals surface area contributed by atoms with E-state index in [4.69, 9.17) is 4.98 Å². The number of hydrogen-bond acceptors (Lipinski definition) is 6. The smallest absolute Gasteiger partial charge is 0.225 e. The Bertz CT molecular complexity index is 880. The van der Waals surface area contributed by atoms with Gasteiger partial charge in [-0.05, 0) is 43.7 Å². The number of pyridine rings is 1. The molecule has 7 heteroatoms. The highest BCUT2D eigenvalue weighted by Crippen LogP contribution is 2.19. The van der Waals surface area contributed by atoms with Crippen LogP contribution in [-0.2, 0) is 0 Å². The molecule has 1 aromatic carbocycles. The molecule has 0 saturated carbocycles. The first-order chi connectivity index (χ1) is 13.3. The first kappa shape index (κ1) is 20.5. The largest absolute Gasteiger partial charge is 0.370 e. The lowest BCUT2D eigenvalue weighted by Crippen LogP contribution is -2.47. The number of aryl methyl sites for hydroxylation is 1. The molecule has 3 aromatic rings. The zero-order valence-corrected chi connectivity index (χ0v) is 17.9. The lowest BCUT2D eigenvalue weighted by atomic mass is 10.1. The van der Waals surface area contributed by atoms with Gasteiger partial charge >= 0.3 is 0 Å². The van der Waals surface area contributed by atoms with E-state index in [2.05, 4.69) is 56.3 Å². The number of rotatable bonds is 6. The summed E-state index contributed by atoms with van der Waals surface area (Å²) in [5.41, 5.74) is 2.32. The van der Waals surface area contributed by atoms with Crippen molar-refractivity contribution in [2.45, 2.75) is 13.3 Å². The Hall–Kier alpha value is -2.25. The molecule has 0 atom stereocenters. The average molecular weight is 443 g/mol. The van der Waals surface area contributed by atoms with E-state index in [0.29, 0.717) is 0 Å². The van der Waals surface area contributed by atoms with E-state index in [1.165, 1.54) is 10.9 Å². The van der Waals surface area contributed by atoms with Crippen molar-refractivity contribution in [3.05, 3.63) is 54.4 Å². The number of nitrogens with zero attached hydrogens (tertiary/aromatic N) is 5. The standard InChI is InChI=1S/C21H26N6.BrH/c1-17-16-20(25-19-7-3-2-6-18(17)19)22-10-5-11-26-12-14-27(15-13-26)21-23-8-4-9-24-21;/h2-4,6-9,16H,5,10-15H2,1H3,(H,22,25);1H. The lowest BCUT2D eigenvalue weighted by molar-refractivity contribution is 0.256. The number of anilines is 2. The van der Waals surface area contributed by atoms with Gasteiger partial charge in [0.2, 0.25) is 5.95 Å². The number of hydrogen-bond donors (Lipinski definition) is 1. The van der Waals surface area contributed by atoms with Crippen molar-refractivity contribution in [3.8, 4) is 0 Å². The van der Waals surface area contributed by atoms with Crippen LogP contribution < -0.4 is 10.2 Å². The molecular formula is C21H27BrN6. The third-order valence-corrected chi connectivity index (χ3v) is 5.09. The number of benzene rings is 1. The maximum atomic E-state index is 4.72. The predicted molar refractivity (Wildman–Crippen MR) is 121 cm³/mol. The van der Waals surface area contributed by atoms with Crippen LogP contribution in [0.1, 0.15) is 12.0 Å². The number of fused-ring (bicyclic) bond motifs is 1. The lowest BCUT2D eigenvalue weighted by Gasteiger charge is -2.34. The SMILES string of the molecule is Br.Cc1cc(NCCCN2CCN(c3ncccn3)CC2)nc2ccccc12. The Labute approximate surface area is 176 Å². The van der Waals surface area contributed by atoms with Gasteiger partial charge in [-0.3, -0.25) is 4.90 Å². The molecule has 1 fully saturated rings. The van der Waals surface area contributed by atoms with Gasteiger partial charge in [-0.25, -0.2) is 15.0 Å². The second-order valence-electron chi connectivity index (χ2n) is 7.00. The van der Waals surface area contributed by atoms with E-state index < -0.39 is 0 Å². The Balaban J connectivity index is 0.00000225. The van der Waals surface area contributed by atoms with Crippen LogP contribution in [0.4, 0.5) is 11.8 Å². The second kappa shape index (κ2) is 9.80. The molecule has 3 heterocycles. The molecule has 6 nitrogen and oxygen atoms in total. The van der Waals surface area contributed by atoms with Gasteiger partial charge in [-0.2, -0.15) is 0 Å². The molecule has 4 rings (SSSR count). The highest BCUT2D eigenvalue weighted by molar-refractivity contribution is 8.93. The summed E-state index contributed by atoms with van der Waals surface area (Å²) in [5, 5.41) is 4.71. The summed E-state index contributed by atoms with van der Waals surface area (Å²) >= 11 is 0. The van der Waals surface area contributed by atoms with Gasteiger partial charge in [0.05, 0.1) is 5.52 Å². The van der Waals surface area contributed by atoms with Crippen LogP contribution in [0, 0.1) is 6.92 Å². The summed E-state index contributed by atoms with van der Waals surface area (Å²) < 4.78 is 0. The molecule has 0 unspecified atom stereocenters.